The first-order valence-electron chi connectivity index (χ1n) is 10.6. The summed E-state index contributed by atoms with van der Waals surface area (Å²) in [6, 6.07) is 17.0. The van der Waals surface area contributed by atoms with E-state index in [-0.39, 0.29) is 5.56 Å². The van der Waals surface area contributed by atoms with E-state index < -0.39 is 18.5 Å². The first-order chi connectivity index (χ1) is 17.0. The van der Waals surface area contributed by atoms with Gasteiger partial charge in [-0.1, -0.05) is 17.7 Å². The van der Waals surface area contributed by atoms with E-state index in [1.165, 1.54) is 6.26 Å². The molecule has 3 aromatic heterocycles. The zero-order chi connectivity index (χ0) is 24.4. The Morgan fingerprint density at radius 1 is 0.914 bits per heavy atom. The Labute approximate surface area is 204 Å². The lowest BCUT2D eigenvalue weighted by atomic mass is 10.1. The molecule has 1 N–H and O–H groups in total. The minimum atomic E-state index is -0.666. The summed E-state index contributed by atoms with van der Waals surface area (Å²) in [5.41, 5.74) is 3.63. The monoisotopic (exact) mass is 487 g/mol. The Kier molecular flexibility index (Phi) is 6.03. The standard InChI is InChI=1S/C26H18ClN3O5/c1-15-6-8-17(13-18(15)27)28-23(31)14-35-26(32)16-7-9-19-20(12-16)30-25(22-5-3-11-34-22)24(29-19)21-4-2-10-33-21/h2-13H,14H2,1H3,(H,28,31). The molecule has 8 nitrogen and oxygen atoms in total. The third-order valence-corrected chi connectivity index (χ3v) is 5.61. The number of hydrogen-bond donors (Lipinski definition) is 1. The Morgan fingerprint density at radius 2 is 1.60 bits per heavy atom. The van der Waals surface area contributed by atoms with Gasteiger partial charge in [-0.05, 0) is 67.1 Å². The van der Waals surface area contributed by atoms with Gasteiger partial charge in [0.15, 0.2) is 18.1 Å². The first kappa shape index (κ1) is 22.4. The molecule has 9 heteroatoms. The van der Waals surface area contributed by atoms with Crippen molar-refractivity contribution in [2.75, 3.05) is 11.9 Å². The quantitative estimate of drug-likeness (QED) is 0.297. The van der Waals surface area contributed by atoms with E-state index >= 15 is 0 Å². The van der Waals surface area contributed by atoms with Gasteiger partial charge in [0.05, 0.1) is 29.1 Å². The average Bonchev–Trinajstić information content (AvgIpc) is 3.58. The summed E-state index contributed by atoms with van der Waals surface area (Å²) in [7, 11) is 0. The molecule has 0 saturated heterocycles. The molecule has 0 unspecified atom stereocenters. The number of carbonyl (C=O) groups is 2. The van der Waals surface area contributed by atoms with Crippen LogP contribution in [0.4, 0.5) is 5.69 Å². The van der Waals surface area contributed by atoms with Crippen molar-refractivity contribution in [2.24, 2.45) is 0 Å². The summed E-state index contributed by atoms with van der Waals surface area (Å²) >= 11 is 6.08. The number of aromatic nitrogens is 2. The zero-order valence-corrected chi connectivity index (χ0v) is 19.2. The second-order valence-corrected chi connectivity index (χ2v) is 8.07. The first-order valence-corrected chi connectivity index (χ1v) is 11.0. The van der Waals surface area contributed by atoms with Crippen LogP contribution in [0.3, 0.4) is 0 Å². The van der Waals surface area contributed by atoms with Crippen LogP contribution < -0.4 is 5.32 Å². The largest absolute Gasteiger partial charge is 0.463 e. The van der Waals surface area contributed by atoms with Crippen LogP contribution in [-0.4, -0.2) is 28.5 Å². The van der Waals surface area contributed by atoms with Gasteiger partial charge in [0.1, 0.15) is 11.4 Å². The number of nitrogens with zero attached hydrogens (tertiary/aromatic N) is 2. The van der Waals surface area contributed by atoms with E-state index in [2.05, 4.69) is 15.3 Å². The van der Waals surface area contributed by atoms with Gasteiger partial charge in [-0.3, -0.25) is 4.79 Å². The molecule has 5 aromatic rings. The van der Waals surface area contributed by atoms with Crippen molar-refractivity contribution in [1.82, 2.24) is 9.97 Å². The van der Waals surface area contributed by atoms with Gasteiger partial charge in [0.2, 0.25) is 0 Å². The number of nitrogens with one attached hydrogen (secondary N) is 1. The van der Waals surface area contributed by atoms with Gasteiger partial charge >= 0.3 is 5.97 Å². The van der Waals surface area contributed by atoms with Gasteiger partial charge in [-0.2, -0.15) is 0 Å². The number of fused-ring (bicyclic) bond motifs is 1. The lowest BCUT2D eigenvalue weighted by molar-refractivity contribution is -0.119. The zero-order valence-electron chi connectivity index (χ0n) is 18.4. The van der Waals surface area contributed by atoms with Crippen LogP contribution in [0.2, 0.25) is 5.02 Å². The highest BCUT2D eigenvalue weighted by Gasteiger charge is 2.19. The van der Waals surface area contributed by atoms with E-state index in [1.54, 1.807) is 66.9 Å². The number of hydrogen-bond acceptors (Lipinski definition) is 7. The molecule has 174 valence electrons. The fraction of sp³-hybridized carbons (Fsp3) is 0.0769. The van der Waals surface area contributed by atoms with Crippen molar-refractivity contribution in [3.8, 4) is 22.9 Å². The topological polar surface area (TPSA) is 107 Å². The van der Waals surface area contributed by atoms with E-state index in [9.17, 15) is 9.59 Å². The third kappa shape index (κ3) is 4.78. The molecular formula is C26H18ClN3O5. The highest BCUT2D eigenvalue weighted by molar-refractivity contribution is 6.31. The molecular weight excluding hydrogens is 470 g/mol. The Hall–Kier alpha value is -4.43. The maximum atomic E-state index is 12.6. The smallest absolute Gasteiger partial charge is 0.338 e. The fourth-order valence-electron chi connectivity index (χ4n) is 3.43. The molecule has 0 fully saturated rings. The molecule has 0 aliphatic carbocycles. The number of anilines is 1. The minimum Gasteiger partial charge on any atom is -0.463 e. The molecule has 2 aromatic carbocycles. The average molecular weight is 488 g/mol. The maximum Gasteiger partial charge on any atom is 0.338 e. The maximum absolute atomic E-state index is 12.6. The van der Waals surface area contributed by atoms with Crippen molar-refractivity contribution in [3.63, 3.8) is 0 Å². The molecule has 3 heterocycles. The Morgan fingerprint density at radius 3 is 2.23 bits per heavy atom. The van der Waals surface area contributed by atoms with Crippen LogP contribution >= 0.6 is 11.6 Å². The normalized spacial score (nSPS) is 10.9. The van der Waals surface area contributed by atoms with Crippen LogP contribution in [0.5, 0.6) is 0 Å². The number of carbonyl (C=O) groups excluding carboxylic acids is 2. The number of aryl methyl sites for hydroxylation is 1. The molecule has 0 aliphatic rings. The SMILES string of the molecule is Cc1ccc(NC(=O)COC(=O)c2ccc3nc(-c4ccco4)c(-c4ccco4)nc3c2)cc1Cl. The lowest BCUT2D eigenvalue weighted by Gasteiger charge is -2.09. The molecule has 5 rings (SSSR count). The van der Waals surface area contributed by atoms with Crippen molar-refractivity contribution >= 4 is 40.2 Å². The second kappa shape index (κ2) is 9.44. The number of halogens is 1. The highest BCUT2D eigenvalue weighted by Crippen LogP contribution is 2.31. The fourth-order valence-corrected chi connectivity index (χ4v) is 3.61. The van der Waals surface area contributed by atoms with Crippen molar-refractivity contribution < 1.29 is 23.2 Å². The number of amides is 1. The van der Waals surface area contributed by atoms with Crippen LogP contribution in [-0.2, 0) is 9.53 Å². The molecule has 1 amide bonds. The van der Waals surface area contributed by atoms with Crippen LogP contribution in [0.1, 0.15) is 15.9 Å². The summed E-state index contributed by atoms with van der Waals surface area (Å²) in [6.07, 6.45) is 3.09. The van der Waals surface area contributed by atoms with Gasteiger partial charge in [0.25, 0.3) is 5.91 Å². The summed E-state index contributed by atoms with van der Waals surface area (Å²) in [5.74, 6) is -0.107. The van der Waals surface area contributed by atoms with E-state index in [4.69, 9.17) is 25.2 Å². The van der Waals surface area contributed by atoms with Gasteiger partial charge in [-0.25, -0.2) is 14.8 Å². The van der Waals surface area contributed by atoms with E-state index in [1.807, 2.05) is 6.92 Å². The van der Waals surface area contributed by atoms with Crippen LogP contribution in [0, 0.1) is 6.92 Å². The number of benzene rings is 2. The predicted octanol–water partition coefficient (Wildman–Crippen LogP) is 5.91. The highest BCUT2D eigenvalue weighted by atomic mass is 35.5. The Balaban J connectivity index is 1.36. The molecule has 0 radical (unpaired) electrons. The number of furan rings is 2. The Bertz CT molecular complexity index is 1530. The summed E-state index contributed by atoms with van der Waals surface area (Å²) in [4.78, 5) is 34.1. The predicted molar refractivity (Wildman–Crippen MR) is 130 cm³/mol. The number of rotatable bonds is 6. The van der Waals surface area contributed by atoms with Gasteiger partial charge in [0, 0.05) is 10.7 Å². The van der Waals surface area contributed by atoms with E-state index in [0.717, 1.165) is 5.56 Å². The van der Waals surface area contributed by atoms with Crippen molar-refractivity contribution in [1.29, 1.82) is 0 Å². The van der Waals surface area contributed by atoms with Gasteiger partial charge < -0.3 is 18.9 Å². The van der Waals surface area contributed by atoms with Crippen LogP contribution in [0.25, 0.3) is 33.9 Å². The third-order valence-electron chi connectivity index (χ3n) is 5.20. The molecule has 0 bridgehead atoms. The minimum absolute atomic E-state index is 0.231. The number of esters is 1. The molecule has 0 atom stereocenters. The van der Waals surface area contributed by atoms with E-state index in [0.29, 0.717) is 44.7 Å². The molecule has 35 heavy (non-hydrogen) atoms. The summed E-state index contributed by atoms with van der Waals surface area (Å²) in [6.45, 7) is 1.40. The molecule has 0 spiro atoms. The van der Waals surface area contributed by atoms with Crippen molar-refractivity contribution in [2.45, 2.75) is 6.92 Å². The van der Waals surface area contributed by atoms with Gasteiger partial charge in [-0.15, -0.1) is 0 Å². The summed E-state index contributed by atoms with van der Waals surface area (Å²) < 4.78 is 16.2. The van der Waals surface area contributed by atoms with Crippen molar-refractivity contribution in [3.05, 3.63) is 89.3 Å². The van der Waals surface area contributed by atoms with Crippen LogP contribution in [0.15, 0.2) is 82.0 Å². The molecule has 0 aliphatic heterocycles. The summed E-state index contributed by atoms with van der Waals surface area (Å²) in [5, 5.41) is 3.18. The lowest BCUT2D eigenvalue weighted by Crippen LogP contribution is -2.21. The second-order valence-electron chi connectivity index (χ2n) is 7.67. The molecule has 0 saturated carbocycles. The number of ether oxygens (including phenoxy) is 1.